The van der Waals surface area contributed by atoms with Gasteiger partial charge in [0.15, 0.2) is 0 Å². The third-order valence-electron chi connectivity index (χ3n) is 7.22. The van der Waals surface area contributed by atoms with Crippen LogP contribution in [-0.4, -0.2) is 48.4 Å². The Labute approximate surface area is 222 Å². The molecular formula is C31H43N3O3. The second kappa shape index (κ2) is 12.8. The number of ether oxygens (including phenoxy) is 2. The molecular weight excluding hydrogens is 462 g/mol. The van der Waals surface area contributed by atoms with Crippen LogP contribution < -0.4 is 10.6 Å². The van der Waals surface area contributed by atoms with Crippen LogP contribution in [0, 0.1) is 5.92 Å². The molecule has 0 radical (unpaired) electrons. The number of carbonyl (C=O) groups excluding carboxylic acids is 1. The maximum Gasteiger partial charge on any atom is 0.357 e. The van der Waals surface area contributed by atoms with Crippen molar-refractivity contribution < 1.29 is 14.3 Å². The second-order valence-corrected chi connectivity index (χ2v) is 11.5. The van der Waals surface area contributed by atoms with E-state index in [1.165, 1.54) is 43.2 Å². The molecule has 1 heterocycles. The zero-order valence-corrected chi connectivity index (χ0v) is 22.8. The van der Waals surface area contributed by atoms with E-state index in [0.29, 0.717) is 29.7 Å². The van der Waals surface area contributed by atoms with Crippen LogP contribution in [-0.2, 0) is 16.0 Å². The monoisotopic (exact) mass is 505 g/mol. The largest absolute Gasteiger partial charge is 0.455 e. The van der Waals surface area contributed by atoms with Crippen LogP contribution in [0.15, 0.2) is 54.2 Å². The minimum Gasteiger partial charge on any atom is -0.455 e. The number of hydrogen-bond acceptors (Lipinski definition) is 6. The van der Waals surface area contributed by atoms with E-state index in [1.54, 1.807) is 19.4 Å². The van der Waals surface area contributed by atoms with Crippen molar-refractivity contribution in [3.8, 4) is 0 Å². The van der Waals surface area contributed by atoms with Gasteiger partial charge < -0.3 is 20.1 Å². The summed E-state index contributed by atoms with van der Waals surface area (Å²) in [4.78, 5) is 16.5. The summed E-state index contributed by atoms with van der Waals surface area (Å²) in [6.07, 6.45) is 11.1. The van der Waals surface area contributed by atoms with Crippen molar-refractivity contribution in [2.45, 2.75) is 89.6 Å². The van der Waals surface area contributed by atoms with Crippen LogP contribution >= 0.6 is 0 Å². The molecule has 1 aromatic carbocycles. The molecule has 0 bridgehead atoms. The van der Waals surface area contributed by atoms with Gasteiger partial charge in [-0.2, -0.15) is 0 Å². The normalized spacial score (nSPS) is 24.1. The Balaban J connectivity index is 1.18. The molecule has 2 fully saturated rings. The van der Waals surface area contributed by atoms with Gasteiger partial charge in [-0.25, -0.2) is 9.78 Å². The van der Waals surface area contributed by atoms with E-state index in [4.69, 9.17) is 9.47 Å². The lowest BCUT2D eigenvalue weighted by Crippen LogP contribution is -2.40. The predicted molar refractivity (Wildman–Crippen MR) is 148 cm³/mol. The van der Waals surface area contributed by atoms with E-state index in [1.807, 2.05) is 26.8 Å². The van der Waals surface area contributed by atoms with E-state index in [-0.39, 0.29) is 5.97 Å². The summed E-state index contributed by atoms with van der Waals surface area (Å²) >= 11 is 0. The van der Waals surface area contributed by atoms with E-state index in [2.05, 4.69) is 52.0 Å². The summed E-state index contributed by atoms with van der Waals surface area (Å²) in [5.74, 6) is 0.250. The first-order valence-corrected chi connectivity index (χ1v) is 13.7. The quantitative estimate of drug-likeness (QED) is 0.391. The molecule has 2 atom stereocenters. The molecule has 2 saturated carbocycles. The summed E-state index contributed by atoms with van der Waals surface area (Å²) in [7, 11) is 1.78. The van der Waals surface area contributed by atoms with Gasteiger partial charge in [0.1, 0.15) is 11.3 Å². The van der Waals surface area contributed by atoms with Gasteiger partial charge in [0.2, 0.25) is 0 Å². The first kappa shape index (κ1) is 27.5. The van der Waals surface area contributed by atoms with Gasteiger partial charge in [-0.15, -0.1) is 0 Å². The molecule has 2 aliphatic carbocycles. The molecule has 6 heteroatoms. The van der Waals surface area contributed by atoms with E-state index < -0.39 is 5.60 Å². The lowest BCUT2D eigenvalue weighted by atomic mass is 9.91. The number of aromatic nitrogens is 1. The van der Waals surface area contributed by atoms with Crippen molar-refractivity contribution in [2.24, 2.45) is 5.92 Å². The number of carbonyl (C=O) groups is 1. The summed E-state index contributed by atoms with van der Waals surface area (Å²) in [5.41, 5.74) is 3.71. The minimum absolute atomic E-state index is 0.354. The first-order chi connectivity index (χ1) is 17.8. The average molecular weight is 506 g/mol. The first-order valence-electron chi connectivity index (χ1n) is 13.7. The van der Waals surface area contributed by atoms with Crippen LogP contribution in [0.5, 0.6) is 0 Å². The fourth-order valence-corrected chi connectivity index (χ4v) is 5.15. The average Bonchev–Trinajstić information content (AvgIpc) is 3.65. The van der Waals surface area contributed by atoms with Crippen molar-refractivity contribution in [3.63, 3.8) is 0 Å². The maximum absolute atomic E-state index is 12.2. The number of esters is 1. The number of rotatable bonds is 11. The molecule has 2 unspecified atom stereocenters. The van der Waals surface area contributed by atoms with Crippen molar-refractivity contribution in [3.05, 3.63) is 71.1 Å². The second-order valence-electron chi connectivity index (χ2n) is 11.5. The lowest BCUT2D eigenvalue weighted by molar-refractivity contribution is 0.00628. The van der Waals surface area contributed by atoms with Gasteiger partial charge in [-0.1, -0.05) is 48.0 Å². The molecule has 0 amide bonds. The minimum atomic E-state index is -0.516. The number of nitrogens with one attached hydrogen (secondary N) is 2. The van der Waals surface area contributed by atoms with Crippen molar-refractivity contribution in [1.29, 1.82) is 0 Å². The Bertz CT molecular complexity index is 1020. The number of nitrogens with zero attached hydrogens (tertiary/aromatic N) is 1. The maximum atomic E-state index is 12.2. The van der Waals surface area contributed by atoms with Gasteiger partial charge in [0.25, 0.3) is 0 Å². The van der Waals surface area contributed by atoms with Gasteiger partial charge in [0, 0.05) is 44.6 Å². The Hall–Kier alpha value is -2.54. The summed E-state index contributed by atoms with van der Waals surface area (Å²) in [5, 5.41) is 7.63. The molecule has 1 aromatic heterocycles. The highest BCUT2D eigenvalue weighted by Crippen LogP contribution is 2.41. The zero-order chi connectivity index (χ0) is 26.3. The lowest BCUT2D eigenvalue weighted by Gasteiger charge is -2.30. The number of pyridine rings is 1. The number of hydrogen-bond donors (Lipinski definition) is 2. The topological polar surface area (TPSA) is 72.5 Å². The van der Waals surface area contributed by atoms with Gasteiger partial charge in [0.05, 0.1) is 0 Å². The molecule has 200 valence electrons. The molecule has 2 aliphatic rings. The molecule has 0 saturated heterocycles. The van der Waals surface area contributed by atoms with E-state index in [9.17, 15) is 4.79 Å². The molecule has 2 N–H and O–H groups in total. The fraction of sp³-hybridized carbons (Fsp3) is 0.548. The molecule has 4 rings (SSSR count). The molecule has 6 nitrogen and oxygen atoms in total. The standard InChI is InChI=1S/C31H43N3O3/c1-31(2,3)37-30(35)28-15-10-23(21-33-28)20-32-25-11-13-26(14-12-25)34-29-19-27(29)24(16-17-36-4)18-22-8-6-5-7-9-22/h5-10,15,18,21,25-27,29,32,34H,11-14,16-17,19-20H2,1-4H3/b24-18+. The van der Waals surface area contributed by atoms with Crippen LogP contribution in [0.1, 0.15) is 80.9 Å². The third kappa shape index (κ3) is 8.77. The van der Waals surface area contributed by atoms with Crippen LogP contribution in [0.25, 0.3) is 6.08 Å². The molecule has 2 aromatic rings. The van der Waals surface area contributed by atoms with Crippen LogP contribution in [0.2, 0.25) is 0 Å². The summed E-state index contributed by atoms with van der Waals surface area (Å²) in [6.45, 7) is 7.12. The predicted octanol–water partition coefficient (Wildman–Crippen LogP) is 5.54. The highest BCUT2D eigenvalue weighted by molar-refractivity contribution is 5.87. The molecule has 0 aliphatic heterocycles. The Morgan fingerprint density at radius 1 is 1.05 bits per heavy atom. The van der Waals surface area contributed by atoms with Crippen molar-refractivity contribution >= 4 is 12.0 Å². The SMILES string of the molecule is COCC/C(=C\c1ccccc1)C1CC1NC1CCC(NCc2ccc(C(=O)OC(C)(C)C)nc2)CC1. The van der Waals surface area contributed by atoms with Crippen LogP contribution in [0.4, 0.5) is 0 Å². The van der Waals surface area contributed by atoms with Crippen molar-refractivity contribution in [2.75, 3.05) is 13.7 Å². The van der Waals surface area contributed by atoms with Gasteiger partial charge >= 0.3 is 5.97 Å². The number of methoxy groups -OCH3 is 1. The number of benzene rings is 1. The van der Waals surface area contributed by atoms with Crippen LogP contribution in [0.3, 0.4) is 0 Å². The van der Waals surface area contributed by atoms with E-state index >= 15 is 0 Å². The smallest absolute Gasteiger partial charge is 0.357 e. The molecule has 0 spiro atoms. The summed E-state index contributed by atoms with van der Waals surface area (Å²) < 4.78 is 10.8. The Kier molecular flexibility index (Phi) is 9.52. The zero-order valence-electron chi connectivity index (χ0n) is 22.8. The molecule has 37 heavy (non-hydrogen) atoms. The highest BCUT2D eigenvalue weighted by Gasteiger charge is 2.40. The fourth-order valence-electron chi connectivity index (χ4n) is 5.15. The Morgan fingerprint density at radius 2 is 1.78 bits per heavy atom. The van der Waals surface area contributed by atoms with Crippen molar-refractivity contribution in [1.82, 2.24) is 15.6 Å². The summed E-state index contributed by atoms with van der Waals surface area (Å²) in [6, 6.07) is 16.1. The van der Waals surface area contributed by atoms with E-state index in [0.717, 1.165) is 25.1 Å². The third-order valence-corrected chi connectivity index (χ3v) is 7.22. The van der Waals surface area contributed by atoms with Gasteiger partial charge in [-0.3, -0.25) is 0 Å². The Morgan fingerprint density at radius 3 is 2.43 bits per heavy atom. The van der Waals surface area contributed by atoms with Gasteiger partial charge in [-0.05, 0) is 82.4 Å². The highest BCUT2D eigenvalue weighted by atomic mass is 16.6.